The standard InChI is InChI=1S/C24H24FIN4O3/c1-14-20(9-10-21(31)29-14)30-13-16-11-15(7-8-17(16)22(30)32)12-28-23(33)24(25,26)18-5-3-4-6-19(18)27-2/h3-8,11,20,27H,1,9-10,12-13H2,2H3,(H,28,33)(H,29,31). The van der Waals surface area contributed by atoms with Gasteiger partial charge >= 0.3 is 0 Å². The monoisotopic (exact) mass is 562 g/mol. The molecule has 1 saturated heterocycles. The van der Waals surface area contributed by atoms with E-state index in [1.165, 1.54) is 22.6 Å². The minimum absolute atomic E-state index is 0.0880. The van der Waals surface area contributed by atoms with Gasteiger partial charge in [0.2, 0.25) is 5.91 Å². The zero-order chi connectivity index (χ0) is 23.8. The van der Waals surface area contributed by atoms with Crippen molar-refractivity contribution in [2.45, 2.75) is 35.6 Å². The highest BCUT2D eigenvalue weighted by molar-refractivity contribution is 14.1. The lowest BCUT2D eigenvalue weighted by molar-refractivity contribution is -0.127. The summed E-state index contributed by atoms with van der Waals surface area (Å²) in [5.74, 6) is -0.949. The van der Waals surface area contributed by atoms with Gasteiger partial charge in [0.25, 0.3) is 15.5 Å². The summed E-state index contributed by atoms with van der Waals surface area (Å²) in [5.41, 5.74) is 3.51. The van der Waals surface area contributed by atoms with Gasteiger partial charge in [-0.15, -0.1) is 0 Å². The first-order chi connectivity index (χ1) is 15.7. The van der Waals surface area contributed by atoms with Crippen LogP contribution >= 0.6 is 22.6 Å². The quantitative estimate of drug-likeness (QED) is 0.372. The summed E-state index contributed by atoms with van der Waals surface area (Å²) >= 11 is 1.51. The zero-order valence-corrected chi connectivity index (χ0v) is 20.2. The number of nitrogens with one attached hydrogen (secondary N) is 3. The van der Waals surface area contributed by atoms with E-state index in [1.54, 1.807) is 48.3 Å². The summed E-state index contributed by atoms with van der Waals surface area (Å²) in [6, 6.07) is 11.8. The average Bonchev–Trinajstić information content (AvgIpc) is 3.12. The molecular formula is C24H24FIN4O3. The van der Waals surface area contributed by atoms with E-state index in [0.717, 1.165) is 11.1 Å². The number of piperidine rings is 1. The van der Waals surface area contributed by atoms with Crippen LogP contribution in [0.15, 0.2) is 54.7 Å². The van der Waals surface area contributed by atoms with Crippen molar-refractivity contribution in [3.63, 3.8) is 0 Å². The van der Waals surface area contributed by atoms with Crippen molar-refractivity contribution in [3.8, 4) is 0 Å². The number of rotatable bonds is 6. The van der Waals surface area contributed by atoms with Gasteiger partial charge in [-0.2, -0.15) is 0 Å². The molecule has 3 amide bonds. The normalized spacial score (nSPS) is 19.5. The lowest BCUT2D eigenvalue weighted by atomic mass is 10.0. The average molecular weight is 562 g/mol. The summed E-state index contributed by atoms with van der Waals surface area (Å²) in [5, 5.41) is 8.30. The smallest absolute Gasteiger partial charge is 0.273 e. The number of para-hydroxylation sites is 1. The molecule has 0 aliphatic carbocycles. The van der Waals surface area contributed by atoms with Crippen LogP contribution in [0.5, 0.6) is 0 Å². The molecule has 2 aliphatic heterocycles. The molecule has 0 bridgehead atoms. The van der Waals surface area contributed by atoms with E-state index >= 15 is 4.39 Å². The Labute approximate surface area is 204 Å². The van der Waals surface area contributed by atoms with Crippen molar-refractivity contribution >= 4 is 46.0 Å². The molecule has 0 spiro atoms. The number of amides is 3. The largest absolute Gasteiger partial charge is 0.388 e. The number of alkyl halides is 2. The number of fused-ring (bicyclic) bond motifs is 1. The Kier molecular flexibility index (Phi) is 6.42. The first-order valence-electron chi connectivity index (χ1n) is 10.6. The first kappa shape index (κ1) is 23.2. The SMILES string of the molecule is C=C1NC(=O)CCC1N1Cc2cc(CNC(=O)C(F)(I)c3ccccc3NC)ccc2C1=O. The number of anilines is 1. The van der Waals surface area contributed by atoms with Crippen molar-refractivity contribution in [1.29, 1.82) is 0 Å². The van der Waals surface area contributed by atoms with Crippen LogP contribution in [-0.2, 0) is 26.4 Å². The molecule has 2 unspecified atom stereocenters. The first-order valence-corrected chi connectivity index (χ1v) is 11.6. The van der Waals surface area contributed by atoms with Crippen molar-refractivity contribution in [2.75, 3.05) is 12.4 Å². The second kappa shape index (κ2) is 9.12. The fourth-order valence-corrected chi connectivity index (χ4v) is 4.92. The van der Waals surface area contributed by atoms with E-state index in [-0.39, 0.29) is 30.0 Å². The molecule has 2 aromatic rings. The summed E-state index contributed by atoms with van der Waals surface area (Å²) in [6.07, 6.45) is 0.884. The molecule has 172 valence electrons. The maximum absolute atomic E-state index is 15.4. The van der Waals surface area contributed by atoms with E-state index in [4.69, 9.17) is 0 Å². The van der Waals surface area contributed by atoms with Crippen molar-refractivity contribution in [1.82, 2.24) is 15.5 Å². The Hall–Kier alpha value is -2.95. The van der Waals surface area contributed by atoms with Crippen LogP contribution in [0.3, 0.4) is 0 Å². The number of hydrogen-bond donors (Lipinski definition) is 3. The predicted octanol–water partition coefficient (Wildman–Crippen LogP) is 3.35. The summed E-state index contributed by atoms with van der Waals surface area (Å²) < 4.78 is 13.2. The molecule has 1 fully saturated rings. The number of benzene rings is 2. The number of carbonyl (C=O) groups is 3. The van der Waals surface area contributed by atoms with Crippen molar-refractivity contribution in [2.24, 2.45) is 0 Å². The number of carbonyl (C=O) groups excluding carboxylic acids is 3. The maximum atomic E-state index is 15.4. The van der Waals surface area contributed by atoms with Crippen LogP contribution in [0.4, 0.5) is 10.1 Å². The van der Waals surface area contributed by atoms with Gasteiger partial charge in [0.15, 0.2) is 0 Å². The van der Waals surface area contributed by atoms with Gasteiger partial charge < -0.3 is 20.9 Å². The third-order valence-electron chi connectivity index (χ3n) is 6.00. The van der Waals surface area contributed by atoms with Gasteiger partial charge in [-0.1, -0.05) is 36.9 Å². The van der Waals surface area contributed by atoms with Crippen LogP contribution in [0, 0.1) is 0 Å². The molecule has 2 atom stereocenters. The molecule has 2 heterocycles. The Morgan fingerprint density at radius 1 is 1.30 bits per heavy atom. The molecule has 33 heavy (non-hydrogen) atoms. The summed E-state index contributed by atoms with van der Waals surface area (Å²) in [4.78, 5) is 38.9. The number of hydrogen-bond acceptors (Lipinski definition) is 4. The highest BCUT2D eigenvalue weighted by Crippen LogP contribution is 2.38. The third-order valence-corrected chi connectivity index (χ3v) is 7.07. The maximum Gasteiger partial charge on any atom is 0.273 e. The minimum atomic E-state index is -2.24. The Morgan fingerprint density at radius 3 is 2.79 bits per heavy atom. The number of halogens is 2. The van der Waals surface area contributed by atoms with E-state index in [1.807, 2.05) is 6.07 Å². The Balaban J connectivity index is 1.45. The second-order valence-electron chi connectivity index (χ2n) is 8.11. The fraction of sp³-hybridized carbons (Fsp3) is 0.292. The molecule has 3 N–H and O–H groups in total. The number of nitrogens with zero attached hydrogens (tertiary/aromatic N) is 1. The molecule has 2 aromatic carbocycles. The zero-order valence-electron chi connectivity index (χ0n) is 18.1. The van der Waals surface area contributed by atoms with Gasteiger partial charge in [0.05, 0.1) is 6.04 Å². The lowest BCUT2D eigenvalue weighted by Crippen LogP contribution is -2.45. The molecule has 0 saturated carbocycles. The van der Waals surface area contributed by atoms with Gasteiger partial charge in [0.1, 0.15) is 0 Å². The van der Waals surface area contributed by atoms with Gasteiger partial charge in [-0.05, 0) is 52.3 Å². The van der Waals surface area contributed by atoms with E-state index < -0.39 is 9.58 Å². The van der Waals surface area contributed by atoms with Gasteiger partial charge in [0, 0.05) is 49.1 Å². The Morgan fingerprint density at radius 2 is 2.06 bits per heavy atom. The van der Waals surface area contributed by atoms with Crippen LogP contribution in [-0.4, -0.2) is 35.7 Å². The minimum Gasteiger partial charge on any atom is -0.388 e. The van der Waals surface area contributed by atoms with E-state index in [2.05, 4.69) is 22.5 Å². The summed E-state index contributed by atoms with van der Waals surface area (Å²) in [7, 11) is 1.68. The molecule has 0 radical (unpaired) electrons. The highest BCUT2D eigenvalue weighted by Gasteiger charge is 2.39. The van der Waals surface area contributed by atoms with Gasteiger partial charge in [-0.3, -0.25) is 14.4 Å². The van der Waals surface area contributed by atoms with Crippen molar-refractivity contribution in [3.05, 3.63) is 77.0 Å². The van der Waals surface area contributed by atoms with Crippen LogP contribution in [0.2, 0.25) is 0 Å². The second-order valence-corrected chi connectivity index (χ2v) is 9.59. The van der Waals surface area contributed by atoms with Crippen LogP contribution < -0.4 is 16.0 Å². The Bertz CT molecular complexity index is 1150. The molecular weight excluding hydrogens is 538 g/mol. The fourth-order valence-electron chi connectivity index (χ4n) is 4.26. The van der Waals surface area contributed by atoms with Crippen molar-refractivity contribution < 1.29 is 18.8 Å². The molecule has 7 nitrogen and oxygen atoms in total. The third kappa shape index (κ3) is 4.46. The molecule has 4 rings (SSSR count). The molecule has 2 aliphatic rings. The van der Waals surface area contributed by atoms with Crippen LogP contribution in [0.25, 0.3) is 0 Å². The molecule has 9 heteroatoms. The molecule has 0 aromatic heterocycles. The van der Waals surface area contributed by atoms with Crippen LogP contribution in [0.1, 0.15) is 39.9 Å². The van der Waals surface area contributed by atoms with E-state index in [9.17, 15) is 14.4 Å². The lowest BCUT2D eigenvalue weighted by Gasteiger charge is -2.32. The predicted molar refractivity (Wildman–Crippen MR) is 131 cm³/mol. The van der Waals surface area contributed by atoms with Gasteiger partial charge in [-0.25, -0.2) is 4.39 Å². The highest BCUT2D eigenvalue weighted by atomic mass is 127. The topological polar surface area (TPSA) is 90.5 Å². The van der Waals surface area contributed by atoms with E-state index in [0.29, 0.717) is 36.3 Å². The summed E-state index contributed by atoms with van der Waals surface area (Å²) in [6.45, 7) is 4.42.